The minimum Gasteiger partial charge on any atom is -0.497 e. The first-order valence-electron chi connectivity index (χ1n) is 9.09. The molecule has 0 heterocycles. The van der Waals surface area contributed by atoms with E-state index in [2.05, 4.69) is 15.6 Å². The van der Waals surface area contributed by atoms with Gasteiger partial charge in [-0.3, -0.25) is 0 Å². The lowest BCUT2D eigenvalue weighted by molar-refractivity contribution is 0.0698. The summed E-state index contributed by atoms with van der Waals surface area (Å²) >= 11 is 0. The third-order valence-corrected chi connectivity index (χ3v) is 3.42. The standard InChI is InChI=1S/C19H33N3O4/c1-5-20-19(21-10-7-11-25-13-12-23-3)22-15-16(2)26-18-9-6-8-17(14-18)24-4/h6,8-9,14,16H,5,7,10-13,15H2,1-4H3,(H2,20,21,22). The zero-order chi connectivity index (χ0) is 19.0. The van der Waals surface area contributed by atoms with Gasteiger partial charge in [-0.1, -0.05) is 6.07 Å². The van der Waals surface area contributed by atoms with E-state index < -0.39 is 0 Å². The van der Waals surface area contributed by atoms with Crippen LogP contribution in [0, 0.1) is 0 Å². The monoisotopic (exact) mass is 367 g/mol. The first-order valence-corrected chi connectivity index (χ1v) is 9.09. The summed E-state index contributed by atoms with van der Waals surface area (Å²) in [5.41, 5.74) is 0. The molecule has 1 rings (SSSR count). The van der Waals surface area contributed by atoms with Crippen LogP contribution in [0.15, 0.2) is 29.3 Å². The number of hydrogen-bond donors (Lipinski definition) is 2. The second kappa shape index (κ2) is 14.2. The Morgan fingerprint density at radius 2 is 1.92 bits per heavy atom. The summed E-state index contributed by atoms with van der Waals surface area (Å²) < 4.78 is 21.5. The third kappa shape index (κ3) is 10.1. The van der Waals surface area contributed by atoms with E-state index in [1.165, 1.54) is 0 Å². The maximum Gasteiger partial charge on any atom is 0.191 e. The topological polar surface area (TPSA) is 73.3 Å². The number of methoxy groups -OCH3 is 2. The molecular weight excluding hydrogens is 334 g/mol. The van der Waals surface area contributed by atoms with Gasteiger partial charge < -0.3 is 29.6 Å². The molecule has 0 aromatic heterocycles. The molecule has 0 spiro atoms. The van der Waals surface area contributed by atoms with E-state index in [0.29, 0.717) is 26.4 Å². The summed E-state index contributed by atoms with van der Waals surface area (Å²) in [7, 11) is 3.31. The van der Waals surface area contributed by atoms with Crippen molar-refractivity contribution in [2.75, 3.05) is 53.7 Å². The predicted molar refractivity (Wildman–Crippen MR) is 104 cm³/mol. The van der Waals surface area contributed by atoms with Crippen LogP contribution in [0.5, 0.6) is 11.5 Å². The fourth-order valence-corrected chi connectivity index (χ4v) is 2.13. The van der Waals surface area contributed by atoms with Gasteiger partial charge in [0.25, 0.3) is 0 Å². The van der Waals surface area contributed by atoms with Crippen LogP contribution in [0.25, 0.3) is 0 Å². The molecule has 0 saturated heterocycles. The van der Waals surface area contributed by atoms with Crippen molar-refractivity contribution in [3.05, 3.63) is 24.3 Å². The number of aliphatic imine (C=N–C) groups is 1. The molecule has 0 bridgehead atoms. The van der Waals surface area contributed by atoms with Crippen molar-refractivity contribution in [3.63, 3.8) is 0 Å². The van der Waals surface area contributed by atoms with Gasteiger partial charge in [-0.15, -0.1) is 0 Å². The normalized spacial score (nSPS) is 12.5. The minimum absolute atomic E-state index is 0.0464. The van der Waals surface area contributed by atoms with Crippen LogP contribution >= 0.6 is 0 Å². The highest BCUT2D eigenvalue weighted by atomic mass is 16.5. The van der Waals surface area contributed by atoms with Gasteiger partial charge in [-0.2, -0.15) is 0 Å². The molecule has 0 amide bonds. The van der Waals surface area contributed by atoms with Gasteiger partial charge in [0.05, 0.1) is 26.9 Å². The Balaban J connectivity index is 2.34. The van der Waals surface area contributed by atoms with Crippen LogP contribution in [0.1, 0.15) is 20.3 Å². The molecule has 1 unspecified atom stereocenters. The van der Waals surface area contributed by atoms with E-state index in [1.807, 2.05) is 38.1 Å². The summed E-state index contributed by atoms with van der Waals surface area (Å²) in [6.45, 7) is 8.15. The van der Waals surface area contributed by atoms with E-state index >= 15 is 0 Å². The zero-order valence-corrected chi connectivity index (χ0v) is 16.4. The van der Waals surface area contributed by atoms with E-state index in [0.717, 1.165) is 37.0 Å². The Morgan fingerprint density at radius 3 is 2.65 bits per heavy atom. The highest BCUT2D eigenvalue weighted by molar-refractivity contribution is 5.79. The highest BCUT2D eigenvalue weighted by Crippen LogP contribution is 2.19. The predicted octanol–water partition coefficient (Wildman–Crippen LogP) is 2.07. The van der Waals surface area contributed by atoms with Gasteiger partial charge in [-0.25, -0.2) is 4.99 Å². The molecule has 1 aromatic carbocycles. The lowest BCUT2D eigenvalue weighted by atomic mass is 10.3. The number of hydrogen-bond acceptors (Lipinski definition) is 5. The Morgan fingerprint density at radius 1 is 1.12 bits per heavy atom. The summed E-state index contributed by atoms with van der Waals surface area (Å²) in [6.07, 6.45) is 0.860. The SMILES string of the molecule is CCNC(=NCC(C)Oc1cccc(OC)c1)NCCCOCCOC. The van der Waals surface area contributed by atoms with Crippen molar-refractivity contribution in [2.45, 2.75) is 26.4 Å². The molecule has 148 valence electrons. The average molecular weight is 367 g/mol. The minimum atomic E-state index is -0.0464. The maximum absolute atomic E-state index is 5.89. The van der Waals surface area contributed by atoms with Crippen LogP contribution in [-0.4, -0.2) is 65.7 Å². The smallest absolute Gasteiger partial charge is 0.191 e. The Hall–Kier alpha value is -1.99. The number of rotatable bonds is 13. The molecule has 7 nitrogen and oxygen atoms in total. The third-order valence-electron chi connectivity index (χ3n) is 3.42. The van der Waals surface area contributed by atoms with E-state index in [-0.39, 0.29) is 6.10 Å². The molecule has 0 aliphatic carbocycles. The molecule has 0 saturated carbocycles. The van der Waals surface area contributed by atoms with Gasteiger partial charge >= 0.3 is 0 Å². The Kier molecular flexibility index (Phi) is 12.1. The molecule has 0 fully saturated rings. The molecular formula is C19H33N3O4. The van der Waals surface area contributed by atoms with E-state index in [4.69, 9.17) is 18.9 Å². The Labute approximate surface area is 157 Å². The van der Waals surface area contributed by atoms with E-state index in [9.17, 15) is 0 Å². The van der Waals surface area contributed by atoms with Crippen LogP contribution in [0.3, 0.4) is 0 Å². The first kappa shape index (κ1) is 22.1. The summed E-state index contributed by atoms with van der Waals surface area (Å²) in [6, 6.07) is 7.58. The maximum atomic E-state index is 5.89. The number of nitrogens with zero attached hydrogens (tertiary/aromatic N) is 1. The van der Waals surface area contributed by atoms with Gasteiger partial charge in [0.1, 0.15) is 17.6 Å². The van der Waals surface area contributed by atoms with Crippen molar-refractivity contribution in [2.24, 2.45) is 4.99 Å². The van der Waals surface area contributed by atoms with Crippen LogP contribution in [0.4, 0.5) is 0 Å². The van der Waals surface area contributed by atoms with Gasteiger partial charge in [-0.05, 0) is 32.4 Å². The summed E-state index contributed by atoms with van der Waals surface area (Å²) in [5, 5.41) is 6.53. The van der Waals surface area contributed by atoms with Crippen LogP contribution in [-0.2, 0) is 9.47 Å². The first-order chi connectivity index (χ1) is 12.7. The number of guanidine groups is 1. The molecule has 0 aliphatic rings. The zero-order valence-electron chi connectivity index (χ0n) is 16.4. The van der Waals surface area contributed by atoms with Crippen molar-refractivity contribution in [3.8, 4) is 11.5 Å². The molecule has 1 aromatic rings. The van der Waals surface area contributed by atoms with Crippen molar-refractivity contribution in [1.29, 1.82) is 0 Å². The molecule has 7 heteroatoms. The van der Waals surface area contributed by atoms with Crippen LogP contribution < -0.4 is 20.1 Å². The van der Waals surface area contributed by atoms with E-state index in [1.54, 1.807) is 14.2 Å². The fraction of sp³-hybridized carbons (Fsp3) is 0.632. The largest absolute Gasteiger partial charge is 0.497 e. The summed E-state index contributed by atoms with van der Waals surface area (Å²) in [4.78, 5) is 4.58. The highest BCUT2D eigenvalue weighted by Gasteiger charge is 2.05. The second-order valence-corrected chi connectivity index (χ2v) is 5.71. The molecule has 2 N–H and O–H groups in total. The number of nitrogens with one attached hydrogen (secondary N) is 2. The van der Waals surface area contributed by atoms with Crippen molar-refractivity contribution in [1.82, 2.24) is 10.6 Å². The van der Waals surface area contributed by atoms with Crippen molar-refractivity contribution >= 4 is 5.96 Å². The average Bonchev–Trinajstić information content (AvgIpc) is 2.65. The quantitative estimate of drug-likeness (QED) is 0.316. The molecule has 1 atom stereocenters. The molecule has 0 radical (unpaired) electrons. The molecule has 0 aliphatic heterocycles. The lowest BCUT2D eigenvalue weighted by Gasteiger charge is -2.15. The fourth-order valence-electron chi connectivity index (χ4n) is 2.13. The summed E-state index contributed by atoms with van der Waals surface area (Å²) in [5.74, 6) is 2.34. The van der Waals surface area contributed by atoms with Gasteiger partial charge in [0, 0.05) is 32.9 Å². The van der Waals surface area contributed by atoms with Gasteiger partial charge in [0.2, 0.25) is 0 Å². The van der Waals surface area contributed by atoms with Gasteiger partial charge in [0.15, 0.2) is 5.96 Å². The number of ether oxygens (including phenoxy) is 4. The van der Waals surface area contributed by atoms with Crippen LogP contribution in [0.2, 0.25) is 0 Å². The molecule has 26 heavy (non-hydrogen) atoms. The lowest BCUT2D eigenvalue weighted by Crippen LogP contribution is -2.38. The number of benzene rings is 1. The Bertz CT molecular complexity index is 511. The van der Waals surface area contributed by atoms with Crippen molar-refractivity contribution < 1.29 is 18.9 Å². The second-order valence-electron chi connectivity index (χ2n) is 5.71.